The van der Waals surface area contributed by atoms with E-state index in [1.165, 1.54) is 35.9 Å². The van der Waals surface area contributed by atoms with E-state index in [1.807, 2.05) is 30.3 Å². The van der Waals surface area contributed by atoms with Gasteiger partial charge in [0.15, 0.2) is 11.6 Å². The highest BCUT2D eigenvalue weighted by molar-refractivity contribution is 5.84. The number of hydrogen-bond donors (Lipinski definition) is 2. The normalized spacial score (nSPS) is 11.5. The summed E-state index contributed by atoms with van der Waals surface area (Å²) in [6, 6.07) is 14.1. The predicted molar refractivity (Wildman–Crippen MR) is 139 cm³/mol. The quantitative estimate of drug-likeness (QED) is 0.260. The number of methoxy groups -OCH3 is 1. The van der Waals surface area contributed by atoms with Crippen LogP contribution in [0, 0.1) is 11.6 Å². The van der Waals surface area contributed by atoms with Crippen molar-refractivity contribution in [3.8, 4) is 11.3 Å². The fraction of sp³-hybridized carbons (Fsp3) is 0.333. The van der Waals surface area contributed by atoms with Crippen molar-refractivity contribution in [1.82, 2.24) is 20.2 Å². The van der Waals surface area contributed by atoms with Crippen LogP contribution < -0.4 is 10.7 Å². The van der Waals surface area contributed by atoms with Gasteiger partial charge in [0.05, 0.1) is 18.8 Å². The number of anilines is 1. The first-order valence-electron chi connectivity index (χ1n) is 12.3. The van der Waals surface area contributed by atoms with E-state index in [1.54, 1.807) is 13.1 Å². The average Bonchev–Trinajstić information content (AvgIpc) is 3.29. The number of hydrazine groups is 1. The second-order valence-electron chi connectivity index (χ2n) is 8.69. The van der Waals surface area contributed by atoms with Crippen molar-refractivity contribution in [2.75, 3.05) is 19.0 Å². The van der Waals surface area contributed by atoms with Crippen molar-refractivity contribution < 1.29 is 32.6 Å². The third-order valence-electron chi connectivity index (χ3n) is 5.91. The first-order valence-corrected chi connectivity index (χ1v) is 12.3. The van der Waals surface area contributed by atoms with E-state index < -0.39 is 35.6 Å². The lowest BCUT2D eigenvalue weighted by Crippen LogP contribution is -2.50. The Hall–Kier alpha value is -4.32. The van der Waals surface area contributed by atoms with Gasteiger partial charge in [-0.25, -0.2) is 19.0 Å². The number of esters is 1. The van der Waals surface area contributed by atoms with E-state index in [9.17, 15) is 23.2 Å². The molecule has 2 aromatic carbocycles. The highest BCUT2D eigenvalue weighted by Crippen LogP contribution is 2.21. The molecule has 2 N–H and O–H groups in total. The number of hydrogen-bond acceptors (Lipinski definition) is 7. The number of aromatic nitrogens is 2. The predicted octanol–water partition coefficient (Wildman–Crippen LogP) is 4.18. The number of ether oxygens (including phenoxy) is 2. The van der Waals surface area contributed by atoms with Crippen LogP contribution in [0.15, 0.2) is 54.6 Å². The molecule has 0 unspecified atom stereocenters. The molecule has 2 amide bonds. The molecule has 0 saturated heterocycles. The van der Waals surface area contributed by atoms with Gasteiger partial charge in [-0.1, -0.05) is 42.5 Å². The summed E-state index contributed by atoms with van der Waals surface area (Å²) in [5.74, 6) is -2.52. The van der Waals surface area contributed by atoms with Gasteiger partial charge in [0.2, 0.25) is 5.91 Å². The number of nitrogens with one attached hydrogen (secondary N) is 2. The van der Waals surface area contributed by atoms with Crippen LogP contribution in [-0.4, -0.2) is 52.5 Å². The van der Waals surface area contributed by atoms with Crippen molar-refractivity contribution in [3.05, 3.63) is 71.8 Å². The Balaban J connectivity index is 1.68. The van der Waals surface area contributed by atoms with Crippen molar-refractivity contribution in [2.45, 2.75) is 38.8 Å². The molecule has 0 spiro atoms. The summed E-state index contributed by atoms with van der Waals surface area (Å²) in [7, 11) is 2.94. The number of amides is 2. The van der Waals surface area contributed by atoms with Gasteiger partial charge < -0.3 is 9.47 Å². The van der Waals surface area contributed by atoms with Crippen LogP contribution in [-0.2, 0) is 32.7 Å². The molecule has 0 saturated carbocycles. The molecule has 1 atom stereocenters. The third-order valence-corrected chi connectivity index (χ3v) is 5.91. The summed E-state index contributed by atoms with van der Waals surface area (Å²) in [6.07, 6.45) is -0.120. The standard InChI is InChI=1S/C27H31F2N5O5/c1-18(35)34(30-16-20-11-7-13-22(28)26(20)29)21(12-8-14-25(36)38-3)17-39-27(37)31-24-15-23(32-33(24)2)19-9-5-4-6-10-19/h4-7,9-11,13,15,21,30H,8,12,14,16-17H2,1-3H3,(H,31,37)/t21-/m0/s1. The maximum absolute atomic E-state index is 14.1. The zero-order chi connectivity index (χ0) is 28.4. The lowest BCUT2D eigenvalue weighted by molar-refractivity contribution is -0.140. The van der Waals surface area contributed by atoms with Gasteiger partial charge in [-0.3, -0.25) is 24.6 Å². The van der Waals surface area contributed by atoms with Crippen LogP contribution in [0.25, 0.3) is 11.3 Å². The summed E-state index contributed by atoms with van der Waals surface area (Å²) in [5, 5.41) is 8.21. The molecule has 0 fully saturated rings. The largest absolute Gasteiger partial charge is 0.469 e. The van der Waals surface area contributed by atoms with Crippen LogP contribution in [0.2, 0.25) is 0 Å². The van der Waals surface area contributed by atoms with Gasteiger partial charge in [-0.15, -0.1) is 0 Å². The van der Waals surface area contributed by atoms with Gasteiger partial charge in [0.1, 0.15) is 12.4 Å². The number of halogens is 2. The monoisotopic (exact) mass is 543 g/mol. The maximum Gasteiger partial charge on any atom is 0.412 e. The molecule has 1 heterocycles. The van der Waals surface area contributed by atoms with Crippen LogP contribution in [0.5, 0.6) is 0 Å². The molecule has 1 aromatic heterocycles. The van der Waals surface area contributed by atoms with Gasteiger partial charge in [0.25, 0.3) is 0 Å². The molecule has 0 radical (unpaired) electrons. The summed E-state index contributed by atoms with van der Waals surface area (Å²) >= 11 is 0. The van der Waals surface area contributed by atoms with Crippen LogP contribution in [0.4, 0.5) is 19.4 Å². The molecule has 3 aromatic rings. The number of carbonyl (C=O) groups is 3. The van der Waals surface area contributed by atoms with Crippen molar-refractivity contribution in [2.24, 2.45) is 7.05 Å². The van der Waals surface area contributed by atoms with E-state index in [0.717, 1.165) is 11.6 Å². The molecule has 0 aliphatic carbocycles. The first kappa shape index (κ1) is 29.2. The smallest absolute Gasteiger partial charge is 0.412 e. The van der Waals surface area contributed by atoms with Crippen molar-refractivity contribution >= 4 is 23.8 Å². The Morgan fingerprint density at radius 3 is 2.54 bits per heavy atom. The van der Waals surface area contributed by atoms with E-state index >= 15 is 0 Å². The number of rotatable bonds is 12. The van der Waals surface area contributed by atoms with Gasteiger partial charge in [-0.2, -0.15) is 5.10 Å². The minimum atomic E-state index is -1.03. The van der Waals surface area contributed by atoms with E-state index in [2.05, 4.69) is 20.6 Å². The van der Waals surface area contributed by atoms with Crippen LogP contribution in [0.3, 0.4) is 0 Å². The zero-order valence-corrected chi connectivity index (χ0v) is 21.9. The molecular weight excluding hydrogens is 512 g/mol. The highest BCUT2D eigenvalue weighted by Gasteiger charge is 2.24. The zero-order valence-electron chi connectivity index (χ0n) is 21.9. The molecule has 10 nitrogen and oxygen atoms in total. The SMILES string of the molecule is COC(=O)CCC[C@@H](COC(=O)Nc1cc(-c2ccccc2)nn1C)N(NCc1cccc(F)c1F)C(C)=O. The fourth-order valence-corrected chi connectivity index (χ4v) is 3.87. The summed E-state index contributed by atoms with van der Waals surface area (Å²) in [4.78, 5) is 36.7. The minimum Gasteiger partial charge on any atom is -0.469 e. The number of carbonyl (C=O) groups excluding carboxylic acids is 3. The molecule has 208 valence electrons. The number of benzene rings is 2. The molecule has 0 bridgehead atoms. The Morgan fingerprint density at radius 2 is 1.85 bits per heavy atom. The molecule has 39 heavy (non-hydrogen) atoms. The van der Waals surface area contributed by atoms with E-state index in [-0.39, 0.29) is 31.6 Å². The molecule has 3 rings (SSSR count). The highest BCUT2D eigenvalue weighted by atomic mass is 19.2. The Kier molecular flexibility index (Phi) is 10.5. The average molecular weight is 544 g/mol. The van der Waals surface area contributed by atoms with Gasteiger partial charge in [-0.05, 0) is 18.9 Å². The molecule has 0 aliphatic heterocycles. The van der Waals surface area contributed by atoms with Crippen LogP contribution >= 0.6 is 0 Å². The summed E-state index contributed by atoms with van der Waals surface area (Å²) in [6.45, 7) is 0.845. The lowest BCUT2D eigenvalue weighted by Gasteiger charge is -2.31. The third kappa shape index (κ3) is 8.34. The maximum atomic E-state index is 14.1. The number of aryl methyl sites for hydroxylation is 1. The fourth-order valence-electron chi connectivity index (χ4n) is 3.87. The lowest BCUT2D eigenvalue weighted by atomic mass is 10.1. The minimum absolute atomic E-state index is 0.0126. The Bertz CT molecular complexity index is 1280. The second-order valence-corrected chi connectivity index (χ2v) is 8.69. The topological polar surface area (TPSA) is 115 Å². The Labute approximate surface area is 224 Å². The van der Waals surface area contributed by atoms with E-state index in [4.69, 9.17) is 4.74 Å². The van der Waals surface area contributed by atoms with Crippen molar-refractivity contribution in [3.63, 3.8) is 0 Å². The second kappa shape index (κ2) is 14.0. The van der Waals surface area contributed by atoms with Crippen LogP contribution in [0.1, 0.15) is 31.7 Å². The molecular formula is C27H31F2N5O5. The van der Waals surface area contributed by atoms with E-state index in [0.29, 0.717) is 17.9 Å². The van der Waals surface area contributed by atoms with Gasteiger partial charge in [0, 0.05) is 44.1 Å². The van der Waals surface area contributed by atoms with Gasteiger partial charge >= 0.3 is 12.1 Å². The molecule has 0 aliphatic rings. The number of nitrogens with zero attached hydrogens (tertiary/aromatic N) is 3. The molecule has 12 heteroatoms. The Morgan fingerprint density at radius 1 is 1.10 bits per heavy atom. The summed E-state index contributed by atoms with van der Waals surface area (Å²) in [5.41, 5.74) is 4.34. The summed E-state index contributed by atoms with van der Waals surface area (Å²) < 4.78 is 39.3. The van der Waals surface area contributed by atoms with Crippen molar-refractivity contribution in [1.29, 1.82) is 0 Å². The first-order chi connectivity index (χ1) is 18.7.